The minimum Gasteiger partial charge on any atom is -0.481 e. The van der Waals surface area contributed by atoms with E-state index in [-0.39, 0.29) is 35.4 Å². The number of aromatic nitrogens is 2. The maximum absolute atomic E-state index is 12.7. The van der Waals surface area contributed by atoms with E-state index in [4.69, 9.17) is 0 Å². The molecular formula is C17H18N4O5. The van der Waals surface area contributed by atoms with Gasteiger partial charge in [-0.2, -0.15) is 5.10 Å². The fraction of sp³-hybridized carbons (Fsp3) is 0.353. The van der Waals surface area contributed by atoms with Gasteiger partial charge in [0.05, 0.1) is 10.8 Å². The number of nitro benzene ring substituents is 1. The number of hydrogen-bond acceptors (Lipinski definition) is 5. The van der Waals surface area contributed by atoms with Gasteiger partial charge in [0.15, 0.2) is 5.69 Å². The Morgan fingerprint density at radius 3 is 2.69 bits per heavy atom. The number of hydrogen-bond donors (Lipinski definition) is 1. The summed E-state index contributed by atoms with van der Waals surface area (Å²) < 4.78 is 1.29. The van der Waals surface area contributed by atoms with E-state index in [9.17, 15) is 24.8 Å². The molecule has 1 fully saturated rings. The molecule has 1 aromatic heterocycles. The standard InChI is InChI=1S/C17H18N4O5/c1-11-8-12(17(23)24)10-19(9-11)16(22)13-6-7-20(18-13)14-4-2-3-5-15(14)21(25)26/h2-7,11-12H,8-10H2,1H3,(H,23,24). The summed E-state index contributed by atoms with van der Waals surface area (Å²) in [6, 6.07) is 7.59. The van der Waals surface area contributed by atoms with Crippen molar-refractivity contribution in [3.05, 3.63) is 52.3 Å². The molecule has 2 heterocycles. The normalized spacial score (nSPS) is 20.0. The van der Waals surface area contributed by atoms with Crippen LogP contribution in [0.5, 0.6) is 0 Å². The number of likely N-dealkylation sites (tertiary alicyclic amines) is 1. The summed E-state index contributed by atoms with van der Waals surface area (Å²) >= 11 is 0. The lowest BCUT2D eigenvalue weighted by atomic mass is 9.90. The molecule has 2 aromatic rings. The van der Waals surface area contributed by atoms with Crippen molar-refractivity contribution in [2.24, 2.45) is 11.8 Å². The Morgan fingerprint density at radius 2 is 2.00 bits per heavy atom. The van der Waals surface area contributed by atoms with Gasteiger partial charge in [0.1, 0.15) is 5.69 Å². The summed E-state index contributed by atoms with van der Waals surface area (Å²) in [5, 5.41) is 24.6. The second-order valence-electron chi connectivity index (χ2n) is 6.48. The highest BCUT2D eigenvalue weighted by atomic mass is 16.6. The fourth-order valence-corrected chi connectivity index (χ4v) is 3.24. The van der Waals surface area contributed by atoms with Gasteiger partial charge in [-0.15, -0.1) is 0 Å². The average molecular weight is 358 g/mol. The Labute approximate surface area is 149 Å². The number of benzene rings is 1. The molecule has 0 saturated carbocycles. The van der Waals surface area contributed by atoms with E-state index in [2.05, 4.69) is 5.10 Å². The zero-order chi connectivity index (χ0) is 18.8. The average Bonchev–Trinajstić information content (AvgIpc) is 3.10. The van der Waals surface area contributed by atoms with E-state index in [0.29, 0.717) is 13.0 Å². The molecule has 0 radical (unpaired) electrons. The molecule has 1 aliphatic rings. The molecule has 2 atom stereocenters. The predicted molar refractivity (Wildman–Crippen MR) is 91.0 cm³/mol. The molecule has 1 N–H and O–H groups in total. The van der Waals surface area contributed by atoms with Crippen LogP contribution >= 0.6 is 0 Å². The van der Waals surface area contributed by atoms with Crippen LogP contribution in [0, 0.1) is 22.0 Å². The SMILES string of the molecule is CC1CC(C(=O)O)CN(C(=O)c2ccn(-c3ccccc3[N+](=O)[O-])n2)C1. The van der Waals surface area contributed by atoms with Gasteiger partial charge < -0.3 is 10.0 Å². The van der Waals surface area contributed by atoms with Crippen LogP contribution in [0.1, 0.15) is 23.8 Å². The number of amides is 1. The minimum absolute atomic E-state index is 0.0751. The van der Waals surface area contributed by atoms with Crippen molar-refractivity contribution in [3.8, 4) is 5.69 Å². The Morgan fingerprint density at radius 1 is 1.27 bits per heavy atom. The highest BCUT2D eigenvalue weighted by Crippen LogP contribution is 2.24. The van der Waals surface area contributed by atoms with Crippen molar-refractivity contribution in [2.75, 3.05) is 13.1 Å². The first-order valence-electron chi connectivity index (χ1n) is 8.18. The van der Waals surface area contributed by atoms with Crippen molar-refractivity contribution in [1.82, 2.24) is 14.7 Å². The van der Waals surface area contributed by atoms with Crippen molar-refractivity contribution in [2.45, 2.75) is 13.3 Å². The number of nitrogens with zero attached hydrogens (tertiary/aromatic N) is 4. The van der Waals surface area contributed by atoms with E-state index >= 15 is 0 Å². The van der Waals surface area contributed by atoms with E-state index in [1.54, 1.807) is 18.2 Å². The van der Waals surface area contributed by atoms with Crippen LogP contribution in [0.25, 0.3) is 5.69 Å². The number of para-hydroxylation sites is 2. The summed E-state index contributed by atoms with van der Waals surface area (Å²) in [5.74, 6) is -1.81. The zero-order valence-electron chi connectivity index (χ0n) is 14.1. The molecule has 1 amide bonds. The molecule has 0 aliphatic carbocycles. The van der Waals surface area contributed by atoms with E-state index in [0.717, 1.165) is 0 Å². The molecule has 26 heavy (non-hydrogen) atoms. The summed E-state index contributed by atoms with van der Waals surface area (Å²) in [4.78, 5) is 36.1. The number of carbonyl (C=O) groups excluding carboxylic acids is 1. The van der Waals surface area contributed by atoms with Crippen LogP contribution < -0.4 is 0 Å². The molecule has 3 rings (SSSR count). The summed E-state index contributed by atoms with van der Waals surface area (Å²) in [6.45, 7) is 2.50. The third-order valence-corrected chi connectivity index (χ3v) is 4.43. The van der Waals surface area contributed by atoms with Gasteiger partial charge in [0.25, 0.3) is 11.6 Å². The minimum atomic E-state index is -0.917. The van der Waals surface area contributed by atoms with Gasteiger partial charge in [-0.3, -0.25) is 19.7 Å². The fourth-order valence-electron chi connectivity index (χ4n) is 3.24. The van der Waals surface area contributed by atoms with Crippen molar-refractivity contribution in [3.63, 3.8) is 0 Å². The third-order valence-electron chi connectivity index (χ3n) is 4.43. The second-order valence-corrected chi connectivity index (χ2v) is 6.48. The highest BCUT2D eigenvalue weighted by Gasteiger charge is 2.33. The number of carbonyl (C=O) groups is 2. The molecule has 9 nitrogen and oxygen atoms in total. The first-order chi connectivity index (χ1) is 12.4. The molecule has 1 saturated heterocycles. The number of carboxylic acid groups (broad SMARTS) is 1. The lowest BCUT2D eigenvalue weighted by Crippen LogP contribution is -2.45. The van der Waals surface area contributed by atoms with Crippen LogP contribution in [-0.4, -0.2) is 49.7 Å². The first kappa shape index (κ1) is 17.6. The molecule has 2 unspecified atom stereocenters. The Hall–Kier alpha value is -3.23. The molecule has 1 aliphatic heterocycles. The number of aliphatic carboxylic acids is 1. The van der Waals surface area contributed by atoms with E-state index in [1.807, 2.05) is 6.92 Å². The lowest BCUT2D eigenvalue weighted by molar-refractivity contribution is -0.384. The maximum atomic E-state index is 12.7. The molecule has 1 aromatic carbocycles. The molecular weight excluding hydrogens is 340 g/mol. The van der Waals surface area contributed by atoms with Gasteiger partial charge in [0, 0.05) is 25.4 Å². The van der Waals surface area contributed by atoms with Crippen LogP contribution in [0.2, 0.25) is 0 Å². The molecule has 136 valence electrons. The highest BCUT2D eigenvalue weighted by molar-refractivity contribution is 5.92. The lowest BCUT2D eigenvalue weighted by Gasteiger charge is -2.34. The maximum Gasteiger partial charge on any atom is 0.308 e. The largest absolute Gasteiger partial charge is 0.481 e. The quantitative estimate of drug-likeness (QED) is 0.659. The van der Waals surface area contributed by atoms with Crippen LogP contribution in [0.3, 0.4) is 0 Å². The number of piperidine rings is 1. The summed E-state index contributed by atoms with van der Waals surface area (Å²) in [7, 11) is 0. The van der Waals surface area contributed by atoms with Gasteiger partial charge in [-0.05, 0) is 24.5 Å². The third kappa shape index (κ3) is 3.41. The topological polar surface area (TPSA) is 119 Å². The summed E-state index contributed by atoms with van der Waals surface area (Å²) in [5.41, 5.74) is 0.264. The predicted octanol–water partition coefficient (Wildman–Crippen LogP) is 1.96. The number of nitro groups is 1. The van der Waals surface area contributed by atoms with Crippen molar-refractivity contribution >= 4 is 17.6 Å². The van der Waals surface area contributed by atoms with Crippen LogP contribution in [-0.2, 0) is 4.79 Å². The van der Waals surface area contributed by atoms with E-state index in [1.165, 1.54) is 27.9 Å². The van der Waals surface area contributed by atoms with Gasteiger partial charge in [-0.25, -0.2) is 4.68 Å². The monoisotopic (exact) mass is 358 g/mol. The second kappa shape index (κ2) is 6.95. The van der Waals surface area contributed by atoms with Gasteiger partial charge in [0.2, 0.25) is 0 Å². The molecule has 0 spiro atoms. The first-order valence-corrected chi connectivity index (χ1v) is 8.18. The zero-order valence-corrected chi connectivity index (χ0v) is 14.1. The Kier molecular flexibility index (Phi) is 4.70. The summed E-state index contributed by atoms with van der Waals surface area (Å²) in [6.07, 6.45) is 2.02. The Balaban J connectivity index is 1.85. The van der Waals surface area contributed by atoms with Crippen molar-refractivity contribution in [1.29, 1.82) is 0 Å². The number of carboxylic acids is 1. The van der Waals surface area contributed by atoms with Gasteiger partial charge in [-0.1, -0.05) is 19.1 Å². The number of rotatable bonds is 4. The van der Waals surface area contributed by atoms with Gasteiger partial charge >= 0.3 is 5.97 Å². The van der Waals surface area contributed by atoms with Crippen LogP contribution in [0.15, 0.2) is 36.5 Å². The van der Waals surface area contributed by atoms with E-state index < -0.39 is 16.8 Å². The smallest absolute Gasteiger partial charge is 0.308 e. The Bertz CT molecular complexity index is 862. The molecule has 0 bridgehead atoms. The molecule has 9 heteroatoms. The van der Waals surface area contributed by atoms with Crippen LogP contribution in [0.4, 0.5) is 5.69 Å². The van der Waals surface area contributed by atoms with Crippen molar-refractivity contribution < 1.29 is 19.6 Å².